The lowest BCUT2D eigenvalue weighted by Crippen LogP contribution is -2.28. The van der Waals surface area contributed by atoms with Gasteiger partial charge in [-0.25, -0.2) is 0 Å². The Hall–Kier alpha value is -1.03. The lowest BCUT2D eigenvalue weighted by Gasteiger charge is -2.27. The Morgan fingerprint density at radius 2 is 2.17 bits per heavy atom. The van der Waals surface area contributed by atoms with E-state index in [4.69, 9.17) is 4.74 Å². The molecule has 1 fully saturated rings. The highest BCUT2D eigenvalue weighted by Crippen LogP contribution is 2.50. The van der Waals surface area contributed by atoms with Gasteiger partial charge in [-0.2, -0.15) is 5.10 Å². The third-order valence-corrected chi connectivity index (χ3v) is 3.89. The van der Waals surface area contributed by atoms with Gasteiger partial charge in [-0.3, -0.25) is 4.68 Å². The molecule has 1 aliphatic carbocycles. The molecule has 18 heavy (non-hydrogen) atoms. The van der Waals surface area contributed by atoms with Crippen LogP contribution in [0.2, 0.25) is 0 Å². The first-order chi connectivity index (χ1) is 8.42. The summed E-state index contributed by atoms with van der Waals surface area (Å²) in [6, 6.07) is 0. The molecule has 2 rings (SSSR count). The van der Waals surface area contributed by atoms with Crippen LogP contribution in [0, 0.1) is 5.41 Å². The summed E-state index contributed by atoms with van der Waals surface area (Å²) in [5.74, 6) is 0.712. The number of hydrogen-bond donors (Lipinski definition) is 1. The van der Waals surface area contributed by atoms with Crippen molar-refractivity contribution < 1.29 is 9.84 Å². The predicted octanol–water partition coefficient (Wildman–Crippen LogP) is 2.70. The van der Waals surface area contributed by atoms with Gasteiger partial charge in [0.25, 0.3) is 0 Å². The van der Waals surface area contributed by atoms with E-state index in [9.17, 15) is 5.11 Å². The molecule has 0 saturated heterocycles. The zero-order valence-electron chi connectivity index (χ0n) is 11.9. The fourth-order valence-electron chi connectivity index (χ4n) is 3.08. The molecule has 1 aromatic rings. The van der Waals surface area contributed by atoms with Gasteiger partial charge in [0.05, 0.1) is 13.3 Å². The topological polar surface area (TPSA) is 47.3 Å². The van der Waals surface area contributed by atoms with Gasteiger partial charge in [-0.15, -0.1) is 0 Å². The smallest absolute Gasteiger partial charge is 0.162 e. The number of aryl methyl sites for hydroxylation is 1. The molecule has 1 heterocycles. The van der Waals surface area contributed by atoms with Gasteiger partial charge >= 0.3 is 0 Å². The van der Waals surface area contributed by atoms with Gasteiger partial charge in [-0.1, -0.05) is 20.8 Å². The summed E-state index contributed by atoms with van der Waals surface area (Å²) in [6.07, 6.45) is 5.30. The normalized spacial score (nSPS) is 26.5. The van der Waals surface area contributed by atoms with E-state index >= 15 is 0 Å². The average molecular weight is 252 g/mol. The van der Waals surface area contributed by atoms with E-state index < -0.39 is 5.60 Å². The molecular weight excluding hydrogens is 228 g/mol. The minimum Gasteiger partial charge on any atom is -0.493 e. The van der Waals surface area contributed by atoms with Crippen molar-refractivity contribution in [3.63, 3.8) is 0 Å². The average Bonchev–Trinajstić information content (AvgIpc) is 2.81. The highest BCUT2D eigenvalue weighted by atomic mass is 16.5. The van der Waals surface area contributed by atoms with E-state index in [1.165, 1.54) is 0 Å². The molecule has 1 atom stereocenters. The van der Waals surface area contributed by atoms with E-state index in [2.05, 4.69) is 25.9 Å². The van der Waals surface area contributed by atoms with Crippen molar-refractivity contribution in [2.75, 3.05) is 7.11 Å². The van der Waals surface area contributed by atoms with Crippen LogP contribution in [0.25, 0.3) is 0 Å². The zero-order valence-corrected chi connectivity index (χ0v) is 11.9. The van der Waals surface area contributed by atoms with Crippen molar-refractivity contribution >= 4 is 0 Å². The van der Waals surface area contributed by atoms with E-state index in [1.54, 1.807) is 13.3 Å². The van der Waals surface area contributed by atoms with Crippen molar-refractivity contribution in [1.82, 2.24) is 9.78 Å². The largest absolute Gasteiger partial charge is 0.493 e. The van der Waals surface area contributed by atoms with Crippen molar-refractivity contribution in [3.05, 3.63) is 11.9 Å². The first-order valence-corrected chi connectivity index (χ1v) is 6.74. The number of nitrogens with zero attached hydrogens (tertiary/aromatic N) is 2. The van der Waals surface area contributed by atoms with Crippen LogP contribution in [0.15, 0.2) is 6.20 Å². The molecule has 0 amide bonds. The van der Waals surface area contributed by atoms with Crippen LogP contribution in [-0.4, -0.2) is 22.0 Å². The molecule has 0 aliphatic heterocycles. The summed E-state index contributed by atoms with van der Waals surface area (Å²) >= 11 is 0. The highest BCUT2D eigenvalue weighted by molar-refractivity contribution is 5.32. The molecule has 1 saturated carbocycles. The Kier molecular flexibility index (Phi) is 3.41. The van der Waals surface area contributed by atoms with Crippen LogP contribution in [0.5, 0.6) is 5.75 Å². The maximum absolute atomic E-state index is 11.0. The fourth-order valence-corrected chi connectivity index (χ4v) is 3.08. The van der Waals surface area contributed by atoms with E-state index in [-0.39, 0.29) is 5.41 Å². The minimum absolute atomic E-state index is 0.182. The van der Waals surface area contributed by atoms with Crippen LogP contribution < -0.4 is 4.74 Å². The van der Waals surface area contributed by atoms with E-state index in [0.29, 0.717) is 5.75 Å². The minimum atomic E-state index is -0.791. The molecule has 0 aromatic carbocycles. The second-order valence-electron chi connectivity index (χ2n) is 6.16. The SMILES string of the molecule is CCCn1ncc(OC)c1C1(O)CCC(C)(C)C1. The predicted molar refractivity (Wildman–Crippen MR) is 70.6 cm³/mol. The summed E-state index contributed by atoms with van der Waals surface area (Å²) in [7, 11) is 1.64. The van der Waals surface area contributed by atoms with Gasteiger partial charge in [0.2, 0.25) is 0 Å². The summed E-state index contributed by atoms with van der Waals surface area (Å²) in [4.78, 5) is 0. The Balaban J connectivity index is 2.39. The zero-order chi connectivity index (χ0) is 13.4. The summed E-state index contributed by atoms with van der Waals surface area (Å²) in [6.45, 7) is 7.35. The summed E-state index contributed by atoms with van der Waals surface area (Å²) in [5, 5.41) is 15.3. The van der Waals surface area contributed by atoms with Gasteiger partial charge in [0.1, 0.15) is 11.3 Å². The van der Waals surface area contributed by atoms with Gasteiger partial charge < -0.3 is 9.84 Å². The molecule has 0 bridgehead atoms. The van der Waals surface area contributed by atoms with Crippen LogP contribution in [0.4, 0.5) is 0 Å². The molecule has 4 heteroatoms. The Labute approximate surface area is 109 Å². The third-order valence-electron chi connectivity index (χ3n) is 3.89. The standard InChI is InChI=1S/C14H24N2O2/c1-5-8-16-12(11(18-4)9-15-16)14(17)7-6-13(2,3)10-14/h9,17H,5-8,10H2,1-4H3. The van der Waals surface area contributed by atoms with Crippen LogP contribution in [0.1, 0.15) is 52.1 Å². The molecule has 1 N–H and O–H groups in total. The van der Waals surface area contributed by atoms with Crippen molar-refractivity contribution in [2.24, 2.45) is 5.41 Å². The summed E-state index contributed by atoms with van der Waals surface area (Å²) < 4.78 is 7.28. The van der Waals surface area contributed by atoms with Crippen molar-refractivity contribution in [2.45, 2.75) is 58.6 Å². The molecule has 0 spiro atoms. The fraction of sp³-hybridized carbons (Fsp3) is 0.786. The Morgan fingerprint density at radius 3 is 2.67 bits per heavy atom. The molecule has 1 aliphatic rings. The molecule has 0 radical (unpaired) electrons. The van der Waals surface area contributed by atoms with Crippen LogP contribution in [-0.2, 0) is 12.1 Å². The molecular formula is C14H24N2O2. The molecule has 4 nitrogen and oxygen atoms in total. The Bertz CT molecular complexity index is 425. The van der Waals surface area contributed by atoms with Crippen molar-refractivity contribution in [1.29, 1.82) is 0 Å². The molecule has 102 valence electrons. The number of aliphatic hydroxyl groups is 1. The molecule has 1 unspecified atom stereocenters. The first kappa shape index (κ1) is 13.4. The first-order valence-electron chi connectivity index (χ1n) is 6.74. The third kappa shape index (κ3) is 2.26. The van der Waals surface area contributed by atoms with E-state index in [1.807, 2.05) is 4.68 Å². The second-order valence-corrected chi connectivity index (χ2v) is 6.16. The molecule has 1 aromatic heterocycles. The second kappa shape index (κ2) is 4.57. The highest BCUT2D eigenvalue weighted by Gasteiger charge is 2.46. The van der Waals surface area contributed by atoms with Gasteiger partial charge in [-0.05, 0) is 31.1 Å². The monoisotopic (exact) mass is 252 g/mol. The van der Waals surface area contributed by atoms with Crippen molar-refractivity contribution in [3.8, 4) is 5.75 Å². The number of rotatable bonds is 4. The number of hydrogen-bond acceptors (Lipinski definition) is 3. The number of ether oxygens (including phenoxy) is 1. The quantitative estimate of drug-likeness (QED) is 0.896. The van der Waals surface area contributed by atoms with Crippen LogP contribution in [0.3, 0.4) is 0 Å². The maximum atomic E-state index is 11.0. The lowest BCUT2D eigenvalue weighted by molar-refractivity contribution is 0.0224. The van der Waals surface area contributed by atoms with Gasteiger partial charge in [0, 0.05) is 6.54 Å². The van der Waals surface area contributed by atoms with Gasteiger partial charge in [0.15, 0.2) is 5.75 Å². The number of aromatic nitrogens is 2. The van der Waals surface area contributed by atoms with Crippen LogP contribution >= 0.6 is 0 Å². The summed E-state index contributed by atoms with van der Waals surface area (Å²) in [5.41, 5.74) is 0.249. The number of methoxy groups -OCH3 is 1. The Morgan fingerprint density at radius 1 is 1.44 bits per heavy atom. The lowest BCUT2D eigenvalue weighted by atomic mass is 9.87. The maximum Gasteiger partial charge on any atom is 0.162 e. The van der Waals surface area contributed by atoms with E-state index in [0.717, 1.165) is 37.9 Å².